The highest BCUT2D eigenvalue weighted by Crippen LogP contribution is 2.35. The first-order valence-electron chi connectivity index (χ1n) is 8.64. The van der Waals surface area contributed by atoms with E-state index in [4.69, 9.17) is 4.74 Å². The summed E-state index contributed by atoms with van der Waals surface area (Å²) in [6.45, 7) is 10.8. The summed E-state index contributed by atoms with van der Waals surface area (Å²) in [6.07, 6.45) is 2.01. The second kappa shape index (κ2) is 6.16. The summed E-state index contributed by atoms with van der Waals surface area (Å²) in [5.74, 6) is 1.71. The van der Waals surface area contributed by atoms with Crippen molar-refractivity contribution in [3.8, 4) is 5.75 Å². The maximum atomic E-state index is 11.5. The molecular formula is C19H28N2O2. The van der Waals surface area contributed by atoms with Crippen LogP contribution in [0.1, 0.15) is 45.2 Å². The van der Waals surface area contributed by atoms with E-state index in [-0.39, 0.29) is 11.5 Å². The van der Waals surface area contributed by atoms with Crippen molar-refractivity contribution in [1.82, 2.24) is 10.2 Å². The number of nitrogens with zero attached hydrogens (tertiary/aromatic N) is 1. The number of carbonyl (C=O) groups is 1. The molecular weight excluding hydrogens is 288 g/mol. The predicted octanol–water partition coefficient (Wildman–Crippen LogP) is 2.75. The van der Waals surface area contributed by atoms with Crippen LogP contribution in [0.3, 0.4) is 0 Å². The molecule has 0 aliphatic carbocycles. The van der Waals surface area contributed by atoms with Crippen molar-refractivity contribution in [2.75, 3.05) is 13.1 Å². The summed E-state index contributed by atoms with van der Waals surface area (Å²) in [6, 6.07) is 7.00. The molecule has 23 heavy (non-hydrogen) atoms. The molecule has 0 spiro atoms. The summed E-state index contributed by atoms with van der Waals surface area (Å²) < 4.78 is 5.94. The summed E-state index contributed by atoms with van der Waals surface area (Å²) in [5.41, 5.74) is 2.54. The van der Waals surface area contributed by atoms with Crippen LogP contribution in [-0.2, 0) is 17.8 Å². The molecule has 2 heterocycles. The van der Waals surface area contributed by atoms with Crippen molar-refractivity contribution in [3.05, 3.63) is 29.3 Å². The number of rotatable bonds is 3. The van der Waals surface area contributed by atoms with Crippen LogP contribution in [0.15, 0.2) is 18.2 Å². The van der Waals surface area contributed by atoms with Crippen LogP contribution < -0.4 is 10.1 Å². The Hall–Kier alpha value is -1.55. The van der Waals surface area contributed by atoms with Gasteiger partial charge in [0.2, 0.25) is 5.91 Å². The van der Waals surface area contributed by atoms with Gasteiger partial charge in [0, 0.05) is 39.0 Å². The van der Waals surface area contributed by atoms with Gasteiger partial charge in [-0.25, -0.2) is 0 Å². The highest BCUT2D eigenvalue weighted by atomic mass is 16.5. The summed E-state index contributed by atoms with van der Waals surface area (Å²) in [5, 5.41) is 3.68. The summed E-state index contributed by atoms with van der Waals surface area (Å²) in [7, 11) is 0. The van der Waals surface area contributed by atoms with E-state index in [0.717, 1.165) is 38.2 Å². The minimum Gasteiger partial charge on any atom is -0.487 e. The number of amides is 1. The van der Waals surface area contributed by atoms with E-state index >= 15 is 0 Å². The van der Waals surface area contributed by atoms with Gasteiger partial charge in [-0.15, -0.1) is 0 Å². The number of carbonyl (C=O) groups excluding carboxylic acids is 1. The van der Waals surface area contributed by atoms with E-state index in [9.17, 15) is 4.79 Å². The quantitative estimate of drug-likeness (QED) is 0.932. The van der Waals surface area contributed by atoms with E-state index < -0.39 is 0 Å². The third-order valence-electron chi connectivity index (χ3n) is 5.05. The zero-order chi connectivity index (χ0) is 16.6. The normalized spacial score (nSPS) is 25.8. The van der Waals surface area contributed by atoms with Crippen LogP contribution in [0.2, 0.25) is 0 Å². The van der Waals surface area contributed by atoms with Gasteiger partial charge in [-0.05, 0) is 43.4 Å². The summed E-state index contributed by atoms with van der Waals surface area (Å²) >= 11 is 0. The van der Waals surface area contributed by atoms with E-state index in [2.05, 4.69) is 44.3 Å². The molecule has 1 saturated heterocycles. The van der Waals surface area contributed by atoms with E-state index in [0.29, 0.717) is 12.0 Å². The molecule has 0 radical (unpaired) electrons. The van der Waals surface area contributed by atoms with Crippen molar-refractivity contribution >= 4 is 5.91 Å². The van der Waals surface area contributed by atoms with E-state index in [1.165, 1.54) is 11.1 Å². The van der Waals surface area contributed by atoms with Gasteiger partial charge in [-0.2, -0.15) is 0 Å². The van der Waals surface area contributed by atoms with Crippen molar-refractivity contribution < 1.29 is 9.53 Å². The molecule has 126 valence electrons. The Kier molecular flexibility index (Phi) is 4.37. The molecule has 4 nitrogen and oxygen atoms in total. The number of hydrogen-bond acceptors (Lipinski definition) is 3. The van der Waals surface area contributed by atoms with Crippen LogP contribution in [0, 0.1) is 5.92 Å². The van der Waals surface area contributed by atoms with Gasteiger partial charge in [0.25, 0.3) is 0 Å². The monoisotopic (exact) mass is 316 g/mol. The standard InChI is InChI=1S/C19H28N2O2/c1-13-12-21(14(2)22)8-7-17(13)20-11-15-5-6-18-16(9-15)10-19(3,4)23-18/h5-6,9,13,17,20H,7-8,10-12H2,1-4H3/t13-,17+/m0/s1. The second-order valence-electron chi connectivity index (χ2n) is 7.70. The lowest BCUT2D eigenvalue weighted by Gasteiger charge is -2.37. The molecule has 0 bridgehead atoms. The fraction of sp³-hybridized carbons (Fsp3) is 0.632. The van der Waals surface area contributed by atoms with Crippen LogP contribution in [0.5, 0.6) is 5.75 Å². The molecule has 4 heteroatoms. The lowest BCUT2D eigenvalue weighted by atomic mass is 9.93. The lowest BCUT2D eigenvalue weighted by Crippen LogP contribution is -2.49. The number of nitrogens with one attached hydrogen (secondary N) is 1. The van der Waals surface area contributed by atoms with Crippen LogP contribution in [0.4, 0.5) is 0 Å². The molecule has 1 amide bonds. The average Bonchev–Trinajstić information content (AvgIpc) is 2.78. The van der Waals surface area contributed by atoms with Crippen molar-refractivity contribution in [1.29, 1.82) is 0 Å². The van der Waals surface area contributed by atoms with Crippen molar-refractivity contribution in [3.63, 3.8) is 0 Å². The van der Waals surface area contributed by atoms with Crippen molar-refractivity contribution in [2.45, 2.75) is 58.7 Å². The van der Waals surface area contributed by atoms with Crippen LogP contribution >= 0.6 is 0 Å². The van der Waals surface area contributed by atoms with Gasteiger partial charge in [0.05, 0.1) is 0 Å². The third kappa shape index (κ3) is 3.69. The van der Waals surface area contributed by atoms with Gasteiger partial charge in [0.15, 0.2) is 0 Å². The van der Waals surface area contributed by atoms with Gasteiger partial charge < -0.3 is 15.0 Å². The van der Waals surface area contributed by atoms with Gasteiger partial charge in [-0.3, -0.25) is 4.79 Å². The Morgan fingerprint density at radius 2 is 2.22 bits per heavy atom. The molecule has 0 unspecified atom stereocenters. The average molecular weight is 316 g/mol. The Morgan fingerprint density at radius 1 is 1.43 bits per heavy atom. The Balaban J connectivity index is 1.57. The van der Waals surface area contributed by atoms with E-state index in [1.54, 1.807) is 6.92 Å². The maximum Gasteiger partial charge on any atom is 0.219 e. The first-order valence-corrected chi connectivity index (χ1v) is 8.64. The second-order valence-corrected chi connectivity index (χ2v) is 7.70. The van der Waals surface area contributed by atoms with Gasteiger partial charge in [0.1, 0.15) is 11.4 Å². The Labute approximate surface area is 139 Å². The number of benzene rings is 1. The Bertz CT molecular complexity index is 597. The van der Waals surface area contributed by atoms with Crippen LogP contribution in [0.25, 0.3) is 0 Å². The molecule has 0 saturated carbocycles. The minimum absolute atomic E-state index is 0.0809. The molecule has 0 aromatic heterocycles. The zero-order valence-corrected chi connectivity index (χ0v) is 14.7. The number of likely N-dealkylation sites (tertiary alicyclic amines) is 1. The first-order chi connectivity index (χ1) is 10.8. The van der Waals surface area contributed by atoms with Gasteiger partial charge >= 0.3 is 0 Å². The number of ether oxygens (including phenoxy) is 1. The lowest BCUT2D eigenvalue weighted by molar-refractivity contribution is -0.130. The maximum absolute atomic E-state index is 11.5. The SMILES string of the molecule is CC(=O)N1CC[C@@H](NCc2ccc3c(c2)CC(C)(C)O3)[C@@H](C)C1. The Morgan fingerprint density at radius 3 is 2.91 bits per heavy atom. The predicted molar refractivity (Wildman–Crippen MR) is 91.5 cm³/mol. The number of piperidine rings is 1. The fourth-order valence-corrected chi connectivity index (χ4v) is 3.76. The number of fused-ring (bicyclic) bond motifs is 1. The molecule has 1 aromatic carbocycles. The molecule has 2 atom stereocenters. The molecule has 1 aromatic rings. The van der Waals surface area contributed by atoms with Crippen LogP contribution in [-0.4, -0.2) is 35.5 Å². The highest BCUT2D eigenvalue weighted by molar-refractivity contribution is 5.73. The third-order valence-corrected chi connectivity index (χ3v) is 5.05. The molecule has 2 aliphatic heterocycles. The highest BCUT2D eigenvalue weighted by Gasteiger charge is 2.30. The molecule has 1 fully saturated rings. The minimum atomic E-state index is -0.0809. The number of hydrogen-bond donors (Lipinski definition) is 1. The summed E-state index contributed by atoms with van der Waals surface area (Å²) in [4.78, 5) is 13.4. The smallest absolute Gasteiger partial charge is 0.219 e. The largest absolute Gasteiger partial charge is 0.487 e. The zero-order valence-electron chi connectivity index (χ0n) is 14.7. The fourth-order valence-electron chi connectivity index (χ4n) is 3.76. The van der Waals surface area contributed by atoms with Gasteiger partial charge in [-0.1, -0.05) is 19.1 Å². The molecule has 1 N–H and O–H groups in total. The van der Waals surface area contributed by atoms with E-state index in [1.807, 2.05) is 4.90 Å². The topological polar surface area (TPSA) is 41.6 Å². The van der Waals surface area contributed by atoms with Crippen molar-refractivity contribution in [2.24, 2.45) is 5.92 Å². The molecule has 3 rings (SSSR count). The molecule has 2 aliphatic rings. The first kappa shape index (κ1) is 16.3.